The average Bonchev–Trinajstić information content (AvgIpc) is 2.64. The van der Waals surface area contributed by atoms with E-state index in [2.05, 4.69) is 5.32 Å². The van der Waals surface area contributed by atoms with Gasteiger partial charge in [-0.05, 0) is 44.0 Å². The number of amides is 2. The van der Waals surface area contributed by atoms with E-state index < -0.39 is 11.6 Å². The van der Waals surface area contributed by atoms with Crippen LogP contribution in [0.2, 0.25) is 0 Å². The lowest BCUT2D eigenvalue weighted by molar-refractivity contribution is -0.121. The van der Waals surface area contributed by atoms with E-state index >= 15 is 0 Å². The molecular weight excluding hydrogens is 338 g/mol. The van der Waals surface area contributed by atoms with E-state index in [-0.39, 0.29) is 23.4 Å². The smallest absolute Gasteiger partial charge is 0.253 e. The van der Waals surface area contributed by atoms with Gasteiger partial charge in [-0.2, -0.15) is 0 Å². The second-order valence-corrected chi connectivity index (χ2v) is 6.55. The van der Waals surface area contributed by atoms with Gasteiger partial charge in [0, 0.05) is 36.3 Å². The Morgan fingerprint density at radius 2 is 1.77 bits per heavy atom. The quantitative estimate of drug-likeness (QED) is 0.908. The zero-order valence-electron chi connectivity index (χ0n) is 14.5. The largest absolute Gasteiger partial charge is 0.339 e. The van der Waals surface area contributed by atoms with Gasteiger partial charge in [-0.1, -0.05) is 17.7 Å². The van der Waals surface area contributed by atoms with Gasteiger partial charge in [0.05, 0.1) is 0 Å². The highest BCUT2D eigenvalue weighted by Crippen LogP contribution is 2.22. The van der Waals surface area contributed by atoms with E-state index in [1.807, 2.05) is 25.1 Å². The molecule has 0 unspecified atom stereocenters. The Labute approximate surface area is 150 Å². The highest BCUT2D eigenvalue weighted by molar-refractivity contribution is 5.95. The molecule has 0 saturated carbocycles. The zero-order chi connectivity index (χ0) is 18.7. The van der Waals surface area contributed by atoms with Crippen LogP contribution in [0.4, 0.5) is 14.5 Å². The van der Waals surface area contributed by atoms with Crippen LogP contribution in [-0.4, -0.2) is 29.8 Å². The van der Waals surface area contributed by atoms with E-state index in [1.165, 1.54) is 6.07 Å². The van der Waals surface area contributed by atoms with Gasteiger partial charge >= 0.3 is 0 Å². The number of carbonyl (C=O) groups is 2. The maximum absolute atomic E-state index is 13.2. The minimum atomic E-state index is -0.999. The summed E-state index contributed by atoms with van der Waals surface area (Å²) in [5.41, 5.74) is 1.90. The van der Waals surface area contributed by atoms with Gasteiger partial charge < -0.3 is 10.2 Å². The van der Waals surface area contributed by atoms with Gasteiger partial charge in [0.15, 0.2) is 11.6 Å². The van der Waals surface area contributed by atoms with Gasteiger partial charge in [0.25, 0.3) is 5.91 Å². The predicted molar refractivity (Wildman–Crippen MR) is 94.8 cm³/mol. The first-order valence-electron chi connectivity index (χ1n) is 8.56. The van der Waals surface area contributed by atoms with Crippen LogP contribution in [0.1, 0.15) is 28.8 Å². The molecule has 1 fully saturated rings. The number of halogens is 2. The highest BCUT2D eigenvalue weighted by Gasteiger charge is 2.28. The molecule has 6 heteroatoms. The van der Waals surface area contributed by atoms with Crippen LogP contribution in [0.25, 0.3) is 0 Å². The fraction of sp³-hybridized carbons (Fsp3) is 0.300. The Hall–Kier alpha value is -2.76. The zero-order valence-corrected chi connectivity index (χ0v) is 14.5. The number of hydrogen-bond donors (Lipinski definition) is 1. The predicted octanol–water partition coefficient (Wildman–Crippen LogP) is 3.76. The van der Waals surface area contributed by atoms with E-state index in [4.69, 9.17) is 0 Å². The van der Waals surface area contributed by atoms with Crippen molar-refractivity contribution in [2.75, 3.05) is 18.4 Å². The van der Waals surface area contributed by atoms with E-state index in [9.17, 15) is 18.4 Å². The molecule has 0 radical (unpaired) electrons. The Morgan fingerprint density at radius 3 is 2.42 bits per heavy atom. The van der Waals surface area contributed by atoms with Crippen molar-refractivity contribution in [3.8, 4) is 0 Å². The molecule has 0 aromatic heterocycles. The molecule has 0 aliphatic carbocycles. The lowest BCUT2D eigenvalue weighted by Gasteiger charge is -2.31. The molecule has 4 nitrogen and oxygen atoms in total. The van der Waals surface area contributed by atoms with Gasteiger partial charge in [0.2, 0.25) is 5.91 Å². The minimum absolute atomic E-state index is 0.0341. The monoisotopic (exact) mass is 358 g/mol. The Bertz CT molecular complexity index is 830. The fourth-order valence-corrected chi connectivity index (χ4v) is 3.12. The summed E-state index contributed by atoms with van der Waals surface area (Å²) in [4.78, 5) is 26.6. The van der Waals surface area contributed by atoms with Crippen LogP contribution >= 0.6 is 0 Å². The number of anilines is 1. The number of likely N-dealkylation sites (tertiary alicyclic amines) is 1. The summed E-state index contributed by atoms with van der Waals surface area (Å²) in [5, 5.41) is 2.61. The summed E-state index contributed by atoms with van der Waals surface area (Å²) in [5.74, 6) is -2.48. The van der Waals surface area contributed by atoms with Crippen LogP contribution < -0.4 is 5.32 Å². The molecular formula is C20H20F2N2O2. The van der Waals surface area contributed by atoms with E-state index in [0.29, 0.717) is 31.5 Å². The van der Waals surface area contributed by atoms with E-state index in [0.717, 1.165) is 17.7 Å². The molecule has 2 amide bonds. The molecule has 1 N–H and O–H groups in total. The van der Waals surface area contributed by atoms with Crippen LogP contribution in [0, 0.1) is 24.5 Å². The molecule has 1 aliphatic rings. The van der Waals surface area contributed by atoms with Crippen molar-refractivity contribution in [3.63, 3.8) is 0 Å². The summed E-state index contributed by atoms with van der Waals surface area (Å²) in [7, 11) is 0. The Balaban J connectivity index is 1.56. The molecule has 0 bridgehead atoms. The number of benzene rings is 2. The number of rotatable bonds is 3. The van der Waals surface area contributed by atoms with Gasteiger partial charge in [0.1, 0.15) is 0 Å². The van der Waals surface area contributed by atoms with Crippen molar-refractivity contribution in [2.45, 2.75) is 19.8 Å². The summed E-state index contributed by atoms with van der Waals surface area (Å²) < 4.78 is 26.2. The molecule has 3 rings (SSSR count). The van der Waals surface area contributed by atoms with Crippen LogP contribution in [0.15, 0.2) is 42.5 Å². The van der Waals surface area contributed by atoms with Crippen molar-refractivity contribution in [1.82, 2.24) is 4.90 Å². The van der Waals surface area contributed by atoms with Crippen molar-refractivity contribution in [1.29, 1.82) is 0 Å². The van der Waals surface area contributed by atoms with Crippen molar-refractivity contribution < 1.29 is 18.4 Å². The van der Waals surface area contributed by atoms with Crippen LogP contribution in [0.3, 0.4) is 0 Å². The first-order valence-corrected chi connectivity index (χ1v) is 8.56. The van der Waals surface area contributed by atoms with Crippen LogP contribution in [0.5, 0.6) is 0 Å². The molecule has 1 saturated heterocycles. The van der Waals surface area contributed by atoms with E-state index in [1.54, 1.807) is 11.0 Å². The third-order valence-electron chi connectivity index (χ3n) is 4.61. The average molecular weight is 358 g/mol. The minimum Gasteiger partial charge on any atom is -0.339 e. The standard InChI is InChI=1S/C20H20F2N2O2/c1-13-3-2-4-15(11-13)20(26)24-9-7-14(8-10-24)19(25)23-16-5-6-17(21)18(22)12-16/h2-6,11-12,14H,7-10H2,1H3,(H,23,25). The second-order valence-electron chi connectivity index (χ2n) is 6.55. The van der Waals surface area contributed by atoms with Crippen LogP contribution in [-0.2, 0) is 4.79 Å². The van der Waals surface area contributed by atoms with Crippen molar-refractivity contribution in [2.24, 2.45) is 5.92 Å². The normalized spacial score (nSPS) is 15.0. The van der Waals surface area contributed by atoms with Crippen molar-refractivity contribution >= 4 is 17.5 Å². The molecule has 26 heavy (non-hydrogen) atoms. The van der Waals surface area contributed by atoms with Crippen molar-refractivity contribution in [3.05, 3.63) is 65.2 Å². The van der Waals surface area contributed by atoms with Gasteiger partial charge in [-0.25, -0.2) is 8.78 Å². The summed E-state index contributed by atoms with van der Waals surface area (Å²) >= 11 is 0. The summed E-state index contributed by atoms with van der Waals surface area (Å²) in [6.07, 6.45) is 1.07. The second kappa shape index (κ2) is 7.64. The topological polar surface area (TPSA) is 49.4 Å². The number of hydrogen-bond acceptors (Lipinski definition) is 2. The Morgan fingerprint density at radius 1 is 1.04 bits per heavy atom. The number of aryl methyl sites for hydroxylation is 1. The van der Waals surface area contributed by atoms with Gasteiger partial charge in [-0.15, -0.1) is 0 Å². The first kappa shape index (κ1) is 18.0. The maximum atomic E-state index is 13.2. The number of nitrogens with zero attached hydrogens (tertiary/aromatic N) is 1. The SMILES string of the molecule is Cc1cccc(C(=O)N2CCC(C(=O)Nc3ccc(F)c(F)c3)CC2)c1. The maximum Gasteiger partial charge on any atom is 0.253 e. The summed E-state index contributed by atoms with van der Waals surface area (Å²) in [6, 6.07) is 10.7. The molecule has 136 valence electrons. The molecule has 1 aliphatic heterocycles. The molecule has 0 atom stereocenters. The molecule has 2 aromatic rings. The number of nitrogens with one attached hydrogen (secondary N) is 1. The lowest BCUT2D eigenvalue weighted by Crippen LogP contribution is -2.41. The third-order valence-corrected chi connectivity index (χ3v) is 4.61. The highest BCUT2D eigenvalue weighted by atomic mass is 19.2. The third kappa shape index (κ3) is 4.07. The number of piperidine rings is 1. The number of carbonyl (C=O) groups excluding carboxylic acids is 2. The lowest BCUT2D eigenvalue weighted by atomic mass is 9.95. The Kier molecular flexibility index (Phi) is 5.30. The summed E-state index contributed by atoms with van der Waals surface area (Å²) in [6.45, 7) is 2.91. The fourth-order valence-electron chi connectivity index (χ4n) is 3.12. The molecule has 0 spiro atoms. The molecule has 1 heterocycles. The molecule has 2 aromatic carbocycles. The first-order chi connectivity index (χ1) is 12.4. The van der Waals surface area contributed by atoms with Gasteiger partial charge in [-0.3, -0.25) is 9.59 Å².